The van der Waals surface area contributed by atoms with Crippen molar-refractivity contribution in [3.63, 3.8) is 0 Å². The van der Waals surface area contributed by atoms with Crippen molar-refractivity contribution in [3.8, 4) is 5.75 Å². The summed E-state index contributed by atoms with van der Waals surface area (Å²) in [5, 5.41) is 3.35. The van der Waals surface area contributed by atoms with E-state index in [1.807, 2.05) is 53.1 Å². The lowest BCUT2D eigenvalue weighted by atomic mass is 10.2. The number of benzene rings is 2. The monoisotopic (exact) mass is 373 g/mol. The molecule has 0 spiro atoms. The largest absolute Gasteiger partial charge is 0.489 e. The van der Waals surface area contributed by atoms with Gasteiger partial charge in [-0.3, -0.25) is 4.40 Å². The van der Waals surface area contributed by atoms with Crippen LogP contribution in [0.3, 0.4) is 0 Å². The molecule has 2 heterocycles. The molecule has 4 nitrogen and oxygen atoms in total. The molecule has 0 radical (unpaired) electrons. The zero-order chi connectivity index (χ0) is 19.3. The second kappa shape index (κ2) is 7.96. The van der Waals surface area contributed by atoms with E-state index in [0.29, 0.717) is 17.9 Å². The standard InChI is InChI=1S/C23H20FN3O/c1-17(23-8-4-6-20-14-25-16-27(20)23)26-13-18-9-11-21(12-10-18)28-15-19-5-2-3-7-22(19)24/h2-12,14,16,26H,1,13,15H2. The van der Waals surface area contributed by atoms with Gasteiger partial charge in [-0.25, -0.2) is 9.37 Å². The highest BCUT2D eigenvalue weighted by Crippen LogP contribution is 2.17. The molecule has 0 atom stereocenters. The summed E-state index contributed by atoms with van der Waals surface area (Å²) in [4.78, 5) is 4.17. The molecule has 0 aliphatic heterocycles. The fraction of sp³-hybridized carbons (Fsp3) is 0.0870. The molecule has 0 fully saturated rings. The van der Waals surface area contributed by atoms with E-state index >= 15 is 0 Å². The van der Waals surface area contributed by atoms with Crippen molar-refractivity contribution in [1.82, 2.24) is 14.7 Å². The van der Waals surface area contributed by atoms with Gasteiger partial charge in [0.1, 0.15) is 18.2 Å². The van der Waals surface area contributed by atoms with Crippen LogP contribution in [0.15, 0.2) is 85.8 Å². The second-order valence-corrected chi connectivity index (χ2v) is 6.46. The number of nitrogens with one attached hydrogen (secondary N) is 1. The Morgan fingerprint density at radius 3 is 2.68 bits per heavy atom. The summed E-state index contributed by atoms with van der Waals surface area (Å²) >= 11 is 0. The number of aromatic nitrogens is 2. The van der Waals surface area contributed by atoms with Gasteiger partial charge in [0.2, 0.25) is 0 Å². The summed E-state index contributed by atoms with van der Waals surface area (Å²) in [6, 6.07) is 20.4. The number of ether oxygens (including phenoxy) is 1. The third kappa shape index (κ3) is 3.88. The van der Waals surface area contributed by atoms with Gasteiger partial charge < -0.3 is 10.1 Å². The third-order valence-corrected chi connectivity index (χ3v) is 4.54. The van der Waals surface area contributed by atoms with Crippen molar-refractivity contribution in [2.24, 2.45) is 0 Å². The summed E-state index contributed by atoms with van der Waals surface area (Å²) in [5.74, 6) is 0.448. The molecule has 0 amide bonds. The van der Waals surface area contributed by atoms with Crippen molar-refractivity contribution in [2.45, 2.75) is 13.2 Å². The van der Waals surface area contributed by atoms with Crippen molar-refractivity contribution < 1.29 is 9.13 Å². The fourth-order valence-electron chi connectivity index (χ4n) is 2.97. The summed E-state index contributed by atoms with van der Waals surface area (Å²) in [5.41, 5.74) is 4.45. The summed E-state index contributed by atoms with van der Waals surface area (Å²) < 4.78 is 21.3. The van der Waals surface area contributed by atoms with Crippen LogP contribution >= 0.6 is 0 Å². The molecule has 28 heavy (non-hydrogen) atoms. The topological polar surface area (TPSA) is 38.6 Å². The van der Waals surface area contributed by atoms with Crippen LogP contribution in [0.5, 0.6) is 5.75 Å². The van der Waals surface area contributed by atoms with E-state index in [0.717, 1.165) is 22.5 Å². The first kappa shape index (κ1) is 17.8. The van der Waals surface area contributed by atoms with E-state index < -0.39 is 0 Å². The number of halogens is 1. The molecule has 2 aromatic heterocycles. The van der Waals surface area contributed by atoms with Crippen LogP contribution in [-0.4, -0.2) is 9.38 Å². The first-order valence-electron chi connectivity index (χ1n) is 9.00. The number of rotatable bonds is 7. The molecule has 0 unspecified atom stereocenters. The first-order valence-corrected chi connectivity index (χ1v) is 9.00. The van der Waals surface area contributed by atoms with E-state index in [9.17, 15) is 4.39 Å². The Balaban J connectivity index is 1.35. The Bertz CT molecular complexity index is 1100. The van der Waals surface area contributed by atoms with E-state index in [1.165, 1.54) is 6.07 Å². The van der Waals surface area contributed by atoms with Crippen LogP contribution in [0.25, 0.3) is 11.2 Å². The SMILES string of the molecule is C=C(NCc1ccc(OCc2ccccc2F)cc1)c1cccc2cncn12. The maximum atomic E-state index is 13.6. The van der Waals surface area contributed by atoms with Crippen molar-refractivity contribution in [2.75, 3.05) is 0 Å². The molecular formula is C23H20FN3O. The molecule has 0 bridgehead atoms. The predicted octanol–water partition coefficient (Wildman–Crippen LogP) is 4.81. The smallest absolute Gasteiger partial charge is 0.129 e. The molecule has 4 aromatic rings. The molecule has 0 aliphatic rings. The zero-order valence-electron chi connectivity index (χ0n) is 15.3. The number of nitrogens with zero attached hydrogens (tertiary/aromatic N) is 2. The van der Waals surface area contributed by atoms with Gasteiger partial charge in [-0.1, -0.05) is 43.0 Å². The third-order valence-electron chi connectivity index (χ3n) is 4.54. The van der Waals surface area contributed by atoms with Gasteiger partial charge in [0.15, 0.2) is 0 Å². The van der Waals surface area contributed by atoms with E-state index in [4.69, 9.17) is 4.74 Å². The summed E-state index contributed by atoms with van der Waals surface area (Å²) in [6.07, 6.45) is 3.59. The van der Waals surface area contributed by atoms with Crippen molar-refractivity contribution in [1.29, 1.82) is 0 Å². The average Bonchev–Trinajstić information content (AvgIpc) is 3.21. The number of pyridine rings is 1. The highest BCUT2D eigenvalue weighted by atomic mass is 19.1. The molecule has 0 saturated heterocycles. The van der Waals surface area contributed by atoms with Gasteiger partial charge in [0.05, 0.1) is 29.4 Å². The van der Waals surface area contributed by atoms with E-state index in [1.54, 1.807) is 24.5 Å². The molecule has 2 aromatic carbocycles. The first-order chi connectivity index (χ1) is 13.7. The molecule has 0 saturated carbocycles. The minimum atomic E-state index is -0.255. The zero-order valence-corrected chi connectivity index (χ0v) is 15.3. The lowest BCUT2D eigenvalue weighted by molar-refractivity contribution is 0.300. The Morgan fingerprint density at radius 2 is 1.86 bits per heavy atom. The van der Waals surface area contributed by atoms with Gasteiger partial charge in [-0.2, -0.15) is 0 Å². The van der Waals surface area contributed by atoms with Crippen LogP contribution < -0.4 is 10.1 Å². The summed E-state index contributed by atoms with van der Waals surface area (Å²) in [6.45, 7) is 4.98. The normalized spacial score (nSPS) is 10.8. The van der Waals surface area contributed by atoms with Gasteiger partial charge >= 0.3 is 0 Å². The van der Waals surface area contributed by atoms with Gasteiger partial charge in [-0.05, 0) is 35.9 Å². The molecule has 1 N–H and O–H groups in total. The number of hydrogen-bond acceptors (Lipinski definition) is 3. The van der Waals surface area contributed by atoms with Crippen LogP contribution in [-0.2, 0) is 13.2 Å². The Hall–Kier alpha value is -3.60. The molecule has 140 valence electrons. The van der Waals surface area contributed by atoms with Crippen LogP contribution in [0.2, 0.25) is 0 Å². The minimum Gasteiger partial charge on any atom is -0.489 e. The highest BCUT2D eigenvalue weighted by molar-refractivity contribution is 5.62. The second-order valence-electron chi connectivity index (χ2n) is 6.46. The molecule has 4 rings (SSSR count). The Morgan fingerprint density at radius 1 is 1.04 bits per heavy atom. The maximum Gasteiger partial charge on any atom is 0.129 e. The number of fused-ring (bicyclic) bond motifs is 1. The molecular weight excluding hydrogens is 353 g/mol. The van der Waals surface area contributed by atoms with E-state index in [-0.39, 0.29) is 12.4 Å². The highest BCUT2D eigenvalue weighted by Gasteiger charge is 2.05. The summed E-state index contributed by atoms with van der Waals surface area (Å²) in [7, 11) is 0. The van der Waals surface area contributed by atoms with Crippen LogP contribution in [0, 0.1) is 5.82 Å². The number of hydrogen-bond donors (Lipinski definition) is 1. The Kier molecular flexibility index (Phi) is 5.06. The minimum absolute atomic E-state index is 0.204. The predicted molar refractivity (Wildman–Crippen MR) is 108 cm³/mol. The van der Waals surface area contributed by atoms with E-state index in [2.05, 4.69) is 16.9 Å². The Labute approximate surface area is 162 Å². The average molecular weight is 373 g/mol. The lowest BCUT2D eigenvalue weighted by Gasteiger charge is -2.12. The maximum absolute atomic E-state index is 13.6. The van der Waals surface area contributed by atoms with Gasteiger partial charge in [0, 0.05) is 12.1 Å². The van der Waals surface area contributed by atoms with Crippen molar-refractivity contribution >= 4 is 11.2 Å². The van der Waals surface area contributed by atoms with Gasteiger partial charge in [-0.15, -0.1) is 0 Å². The van der Waals surface area contributed by atoms with Gasteiger partial charge in [0.25, 0.3) is 0 Å². The quantitative estimate of drug-likeness (QED) is 0.505. The molecule has 0 aliphatic carbocycles. The van der Waals surface area contributed by atoms with Crippen molar-refractivity contribution in [3.05, 3.63) is 108 Å². The van der Waals surface area contributed by atoms with Crippen LogP contribution in [0.1, 0.15) is 16.8 Å². The fourth-order valence-corrected chi connectivity index (χ4v) is 2.97. The number of imidazole rings is 1. The lowest BCUT2D eigenvalue weighted by Crippen LogP contribution is -2.13. The molecule has 5 heteroatoms. The van der Waals surface area contributed by atoms with Crippen LogP contribution in [0.4, 0.5) is 4.39 Å².